The second kappa shape index (κ2) is 7.44. The Bertz CT molecular complexity index is 970. The van der Waals surface area contributed by atoms with Crippen LogP contribution in [0.3, 0.4) is 0 Å². The first-order chi connectivity index (χ1) is 12.5. The molecule has 0 aliphatic rings. The molecule has 0 radical (unpaired) electrons. The number of rotatable bonds is 5. The number of aryl methyl sites for hydroxylation is 2. The highest BCUT2D eigenvalue weighted by Gasteiger charge is 2.16. The predicted molar refractivity (Wildman–Crippen MR) is 101 cm³/mol. The van der Waals surface area contributed by atoms with E-state index < -0.39 is 11.9 Å². The van der Waals surface area contributed by atoms with Gasteiger partial charge in [0.25, 0.3) is 0 Å². The number of carbonyl (C=O) groups excluding carboxylic acids is 2. The van der Waals surface area contributed by atoms with E-state index in [0.29, 0.717) is 18.2 Å². The number of thiophene rings is 1. The molecule has 134 valence electrons. The zero-order chi connectivity index (χ0) is 18.7. The van der Waals surface area contributed by atoms with Crippen molar-refractivity contribution >= 4 is 39.3 Å². The van der Waals surface area contributed by atoms with E-state index in [2.05, 4.69) is 20.3 Å². The number of nitrogens with zero attached hydrogens (tertiary/aromatic N) is 3. The van der Waals surface area contributed by atoms with Gasteiger partial charge >= 0.3 is 6.03 Å². The van der Waals surface area contributed by atoms with Crippen molar-refractivity contribution in [2.45, 2.75) is 20.3 Å². The lowest BCUT2D eigenvalue weighted by molar-refractivity contribution is -0.119. The summed E-state index contributed by atoms with van der Waals surface area (Å²) >= 11 is 1.60. The molecule has 0 saturated carbocycles. The smallest absolute Gasteiger partial charge is 0.318 e. The Morgan fingerprint density at radius 2 is 2.08 bits per heavy atom. The number of pyridine rings is 1. The fraction of sp³-hybridized carbons (Fsp3) is 0.235. The summed E-state index contributed by atoms with van der Waals surface area (Å²) in [6.07, 6.45) is 3.50. The topological polar surface area (TPSA) is 123 Å². The maximum Gasteiger partial charge on any atom is 0.318 e. The lowest BCUT2D eigenvalue weighted by Crippen LogP contribution is -2.35. The largest absolute Gasteiger partial charge is 0.369 e. The first kappa shape index (κ1) is 17.7. The van der Waals surface area contributed by atoms with Crippen LogP contribution in [-0.4, -0.2) is 33.4 Å². The second-order valence-corrected chi connectivity index (χ2v) is 6.89. The summed E-state index contributed by atoms with van der Waals surface area (Å²) in [6, 6.07) is 2.86. The van der Waals surface area contributed by atoms with Crippen LogP contribution in [0.4, 0.5) is 10.6 Å². The quantitative estimate of drug-likeness (QED) is 0.633. The maximum atomic E-state index is 11.6. The summed E-state index contributed by atoms with van der Waals surface area (Å²) in [5.41, 5.74) is 6.86. The van der Waals surface area contributed by atoms with Crippen molar-refractivity contribution in [2.75, 3.05) is 11.9 Å². The van der Waals surface area contributed by atoms with Crippen LogP contribution in [0, 0.1) is 13.8 Å². The predicted octanol–water partition coefficient (Wildman–Crippen LogP) is 2.37. The number of hydrogen-bond acceptors (Lipinski definition) is 7. The highest BCUT2D eigenvalue weighted by Crippen LogP contribution is 2.34. The number of fused-ring (bicyclic) bond motifs is 1. The first-order valence-electron chi connectivity index (χ1n) is 7.97. The molecule has 4 N–H and O–H groups in total. The fourth-order valence-electron chi connectivity index (χ4n) is 2.50. The van der Waals surface area contributed by atoms with Gasteiger partial charge in [-0.2, -0.15) is 0 Å². The first-order valence-corrected chi connectivity index (χ1v) is 8.78. The minimum absolute atomic E-state index is 0.0961. The van der Waals surface area contributed by atoms with Gasteiger partial charge in [0.15, 0.2) is 5.82 Å². The normalized spacial score (nSPS) is 10.7. The molecule has 26 heavy (non-hydrogen) atoms. The molecule has 3 heterocycles. The minimum atomic E-state index is -0.859. The second-order valence-electron chi connectivity index (χ2n) is 5.69. The number of urea groups is 1. The number of amides is 3. The van der Waals surface area contributed by atoms with Crippen molar-refractivity contribution in [2.24, 2.45) is 5.73 Å². The van der Waals surface area contributed by atoms with Gasteiger partial charge in [-0.05, 0) is 31.5 Å². The molecule has 0 atom stereocenters. The molecule has 0 aliphatic carbocycles. The standard InChI is InChI=1S/C17H18N6O2S/c1-9-10(2)26-16-13(9)15(20-7-5-12(24)21-17(18)25)22-14(23-16)11-4-3-6-19-8-11/h3-4,6,8H,5,7H2,1-2H3,(H,20,22,23)(H3,18,21,24,25). The van der Waals surface area contributed by atoms with Crippen molar-refractivity contribution in [1.82, 2.24) is 20.3 Å². The van der Waals surface area contributed by atoms with Crippen molar-refractivity contribution in [3.63, 3.8) is 0 Å². The summed E-state index contributed by atoms with van der Waals surface area (Å²) in [4.78, 5) is 37.7. The number of primary amides is 1. The molecule has 8 nitrogen and oxygen atoms in total. The number of nitrogens with one attached hydrogen (secondary N) is 2. The van der Waals surface area contributed by atoms with Crippen LogP contribution in [0.15, 0.2) is 24.5 Å². The van der Waals surface area contributed by atoms with Crippen LogP contribution in [0.2, 0.25) is 0 Å². The van der Waals surface area contributed by atoms with Gasteiger partial charge in [-0.3, -0.25) is 15.1 Å². The van der Waals surface area contributed by atoms with E-state index >= 15 is 0 Å². The highest BCUT2D eigenvalue weighted by molar-refractivity contribution is 7.18. The molecule has 3 rings (SSSR count). The Balaban J connectivity index is 1.92. The van der Waals surface area contributed by atoms with Gasteiger partial charge < -0.3 is 11.1 Å². The van der Waals surface area contributed by atoms with E-state index in [1.165, 1.54) is 0 Å². The number of nitrogens with two attached hydrogens (primary N) is 1. The Morgan fingerprint density at radius 3 is 2.77 bits per heavy atom. The Labute approximate surface area is 153 Å². The summed E-state index contributed by atoms with van der Waals surface area (Å²) in [6.45, 7) is 4.37. The number of anilines is 1. The lowest BCUT2D eigenvalue weighted by atomic mass is 10.2. The van der Waals surface area contributed by atoms with Gasteiger partial charge in [-0.1, -0.05) is 0 Å². The van der Waals surface area contributed by atoms with Crippen LogP contribution in [-0.2, 0) is 4.79 Å². The minimum Gasteiger partial charge on any atom is -0.369 e. The lowest BCUT2D eigenvalue weighted by Gasteiger charge is -2.09. The number of imide groups is 1. The van der Waals surface area contributed by atoms with E-state index in [1.807, 2.05) is 31.3 Å². The Kier molecular flexibility index (Phi) is 5.08. The van der Waals surface area contributed by atoms with Crippen LogP contribution in [0.1, 0.15) is 16.9 Å². The molecule has 3 aromatic rings. The van der Waals surface area contributed by atoms with Gasteiger partial charge in [0, 0.05) is 35.8 Å². The Morgan fingerprint density at radius 1 is 1.27 bits per heavy atom. The van der Waals surface area contributed by atoms with Crippen LogP contribution in [0.5, 0.6) is 0 Å². The molecule has 0 spiro atoms. The van der Waals surface area contributed by atoms with E-state index in [4.69, 9.17) is 5.73 Å². The number of aromatic nitrogens is 3. The molecule has 0 aliphatic heterocycles. The summed E-state index contributed by atoms with van der Waals surface area (Å²) in [5, 5.41) is 6.16. The molecule has 0 saturated heterocycles. The van der Waals surface area contributed by atoms with Gasteiger partial charge in [0.05, 0.1) is 5.39 Å². The van der Waals surface area contributed by atoms with E-state index in [9.17, 15) is 9.59 Å². The van der Waals surface area contributed by atoms with E-state index in [-0.39, 0.29) is 6.42 Å². The monoisotopic (exact) mass is 370 g/mol. The van der Waals surface area contributed by atoms with Gasteiger partial charge in [-0.25, -0.2) is 14.8 Å². The molecule has 3 amide bonds. The molecular weight excluding hydrogens is 352 g/mol. The van der Waals surface area contributed by atoms with Gasteiger partial charge in [-0.15, -0.1) is 11.3 Å². The highest BCUT2D eigenvalue weighted by atomic mass is 32.1. The average Bonchev–Trinajstić information content (AvgIpc) is 2.89. The average molecular weight is 370 g/mol. The number of hydrogen-bond donors (Lipinski definition) is 3. The van der Waals surface area contributed by atoms with Crippen LogP contribution < -0.4 is 16.4 Å². The maximum absolute atomic E-state index is 11.6. The van der Waals surface area contributed by atoms with E-state index in [0.717, 1.165) is 26.2 Å². The third-order valence-corrected chi connectivity index (χ3v) is 4.96. The molecule has 0 bridgehead atoms. The molecule has 0 aromatic carbocycles. The fourth-order valence-corrected chi connectivity index (χ4v) is 3.53. The molecular formula is C17H18N6O2S. The third-order valence-electron chi connectivity index (χ3n) is 3.86. The molecule has 9 heteroatoms. The van der Waals surface area contributed by atoms with Crippen LogP contribution in [0.25, 0.3) is 21.6 Å². The van der Waals surface area contributed by atoms with Crippen molar-refractivity contribution in [1.29, 1.82) is 0 Å². The van der Waals surface area contributed by atoms with Gasteiger partial charge in [0.1, 0.15) is 10.6 Å². The zero-order valence-electron chi connectivity index (χ0n) is 14.4. The molecule has 0 fully saturated rings. The van der Waals surface area contributed by atoms with Crippen molar-refractivity contribution in [3.05, 3.63) is 35.0 Å². The molecule has 0 unspecified atom stereocenters. The Hall–Kier alpha value is -3.07. The summed E-state index contributed by atoms with van der Waals surface area (Å²) in [7, 11) is 0. The summed E-state index contributed by atoms with van der Waals surface area (Å²) in [5.74, 6) is 0.777. The summed E-state index contributed by atoms with van der Waals surface area (Å²) < 4.78 is 0. The zero-order valence-corrected chi connectivity index (χ0v) is 15.2. The molecule has 3 aromatic heterocycles. The van der Waals surface area contributed by atoms with E-state index in [1.54, 1.807) is 23.7 Å². The van der Waals surface area contributed by atoms with Gasteiger partial charge in [0.2, 0.25) is 5.91 Å². The van der Waals surface area contributed by atoms with Crippen LogP contribution >= 0.6 is 11.3 Å². The third kappa shape index (κ3) is 3.77. The number of carbonyl (C=O) groups is 2. The van der Waals surface area contributed by atoms with Crippen molar-refractivity contribution in [3.8, 4) is 11.4 Å². The SMILES string of the molecule is Cc1sc2nc(-c3cccnc3)nc(NCCC(=O)NC(N)=O)c2c1C. The van der Waals surface area contributed by atoms with Crippen molar-refractivity contribution < 1.29 is 9.59 Å².